The predicted octanol–water partition coefficient (Wildman–Crippen LogP) is 6.07. The molecule has 0 spiro atoms. The maximum atomic E-state index is 13.1. The first-order valence-electron chi connectivity index (χ1n) is 11.3. The van der Waals surface area contributed by atoms with E-state index in [0.29, 0.717) is 35.1 Å². The molecule has 35 heavy (non-hydrogen) atoms. The van der Waals surface area contributed by atoms with Crippen LogP contribution in [0.15, 0.2) is 76.5 Å². The van der Waals surface area contributed by atoms with Gasteiger partial charge >= 0.3 is 0 Å². The number of halogens is 1. The van der Waals surface area contributed by atoms with Gasteiger partial charge in [0.15, 0.2) is 0 Å². The molecule has 0 aliphatic carbocycles. The number of nitrogens with zero attached hydrogens (tertiary/aromatic N) is 1. The van der Waals surface area contributed by atoms with E-state index in [2.05, 4.69) is 5.32 Å². The molecular formula is C26H27ClN2O4S2. The van der Waals surface area contributed by atoms with Gasteiger partial charge in [0.1, 0.15) is 5.75 Å². The van der Waals surface area contributed by atoms with E-state index in [1.165, 1.54) is 23.5 Å². The van der Waals surface area contributed by atoms with Crippen molar-refractivity contribution in [2.24, 2.45) is 0 Å². The lowest BCUT2D eigenvalue weighted by Crippen LogP contribution is -2.35. The third kappa shape index (κ3) is 6.38. The summed E-state index contributed by atoms with van der Waals surface area (Å²) in [6.07, 6.45) is 2.74. The Labute approximate surface area is 215 Å². The molecule has 0 bridgehead atoms. The van der Waals surface area contributed by atoms with E-state index in [1.54, 1.807) is 30.0 Å². The number of anilines is 1. The number of amides is 1. The Bertz CT molecular complexity index is 1270. The Morgan fingerprint density at radius 3 is 2.34 bits per heavy atom. The van der Waals surface area contributed by atoms with E-state index in [1.807, 2.05) is 36.4 Å². The average Bonchev–Trinajstić information content (AvgIpc) is 2.89. The highest BCUT2D eigenvalue weighted by Crippen LogP contribution is 2.30. The van der Waals surface area contributed by atoms with E-state index in [-0.39, 0.29) is 10.8 Å². The molecule has 1 aliphatic heterocycles. The minimum Gasteiger partial charge on any atom is -0.495 e. The maximum absolute atomic E-state index is 13.1. The lowest BCUT2D eigenvalue weighted by atomic mass is 10.1. The first-order chi connectivity index (χ1) is 16.9. The summed E-state index contributed by atoms with van der Waals surface area (Å²) >= 11 is 7.62. The van der Waals surface area contributed by atoms with Crippen LogP contribution in [0.2, 0.25) is 5.02 Å². The van der Waals surface area contributed by atoms with Crippen LogP contribution in [0, 0.1) is 0 Å². The quantitative estimate of drug-likeness (QED) is 0.358. The molecule has 0 radical (unpaired) electrons. The van der Waals surface area contributed by atoms with Crippen molar-refractivity contribution in [1.82, 2.24) is 4.31 Å². The summed E-state index contributed by atoms with van der Waals surface area (Å²) in [5, 5.41) is 3.52. The zero-order valence-corrected chi connectivity index (χ0v) is 21.8. The summed E-state index contributed by atoms with van der Waals surface area (Å²) in [6, 6.07) is 19.6. The molecule has 6 nitrogen and oxygen atoms in total. The first kappa shape index (κ1) is 25.6. The van der Waals surface area contributed by atoms with Gasteiger partial charge in [0, 0.05) is 34.3 Å². The van der Waals surface area contributed by atoms with Crippen LogP contribution in [-0.4, -0.2) is 38.8 Å². The zero-order chi connectivity index (χ0) is 24.8. The van der Waals surface area contributed by atoms with Gasteiger partial charge in [-0.2, -0.15) is 4.31 Å². The summed E-state index contributed by atoms with van der Waals surface area (Å²) in [5.74, 6) is 0.813. The zero-order valence-electron chi connectivity index (χ0n) is 19.4. The molecule has 1 amide bonds. The van der Waals surface area contributed by atoms with Crippen LogP contribution < -0.4 is 10.1 Å². The number of thioether (sulfide) groups is 1. The fourth-order valence-corrected chi connectivity index (χ4v) is 6.37. The molecule has 1 heterocycles. The summed E-state index contributed by atoms with van der Waals surface area (Å²) in [7, 11) is -2.15. The molecule has 1 fully saturated rings. The lowest BCUT2D eigenvalue weighted by molar-refractivity contribution is 0.102. The van der Waals surface area contributed by atoms with Gasteiger partial charge in [0.05, 0.1) is 17.7 Å². The number of benzene rings is 3. The van der Waals surface area contributed by atoms with E-state index < -0.39 is 10.0 Å². The highest BCUT2D eigenvalue weighted by molar-refractivity contribution is 7.98. The number of rotatable bonds is 8. The molecule has 0 saturated carbocycles. The highest BCUT2D eigenvalue weighted by atomic mass is 35.5. The molecule has 9 heteroatoms. The van der Waals surface area contributed by atoms with Gasteiger partial charge in [-0.3, -0.25) is 4.79 Å². The molecular weight excluding hydrogens is 504 g/mol. The minimum atomic E-state index is -3.63. The molecule has 0 aromatic heterocycles. The number of carbonyl (C=O) groups excluding carboxylic acids is 1. The number of hydrogen-bond donors (Lipinski definition) is 1. The number of hydrogen-bond acceptors (Lipinski definition) is 5. The van der Waals surface area contributed by atoms with E-state index >= 15 is 0 Å². The SMILES string of the molecule is COc1ccc(S(=O)(=O)N2CCCCC2)cc1NC(=O)c1ccc(CSc2ccc(Cl)cc2)cc1. The normalized spacial score (nSPS) is 14.5. The van der Waals surface area contributed by atoms with Crippen LogP contribution in [0.4, 0.5) is 5.69 Å². The van der Waals surface area contributed by atoms with Gasteiger partial charge in [-0.25, -0.2) is 8.42 Å². The summed E-state index contributed by atoms with van der Waals surface area (Å²) < 4.78 is 33.0. The molecule has 1 saturated heterocycles. The van der Waals surface area contributed by atoms with Gasteiger partial charge in [0.2, 0.25) is 10.0 Å². The topological polar surface area (TPSA) is 75.7 Å². The van der Waals surface area contributed by atoms with Crippen molar-refractivity contribution in [2.75, 3.05) is 25.5 Å². The van der Waals surface area contributed by atoms with Crippen LogP contribution >= 0.6 is 23.4 Å². The predicted molar refractivity (Wildman–Crippen MR) is 141 cm³/mol. The van der Waals surface area contributed by atoms with Crippen LogP contribution in [-0.2, 0) is 15.8 Å². The van der Waals surface area contributed by atoms with E-state index in [0.717, 1.165) is 35.5 Å². The van der Waals surface area contributed by atoms with Crippen molar-refractivity contribution >= 4 is 45.0 Å². The second-order valence-corrected chi connectivity index (χ2v) is 11.6. The molecule has 0 atom stereocenters. The Balaban J connectivity index is 1.45. The van der Waals surface area contributed by atoms with Crippen molar-refractivity contribution in [3.63, 3.8) is 0 Å². The van der Waals surface area contributed by atoms with Gasteiger partial charge in [-0.1, -0.05) is 30.2 Å². The highest BCUT2D eigenvalue weighted by Gasteiger charge is 2.27. The van der Waals surface area contributed by atoms with Crippen molar-refractivity contribution in [3.8, 4) is 5.75 Å². The number of piperidine rings is 1. The van der Waals surface area contributed by atoms with E-state index in [9.17, 15) is 13.2 Å². The Kier molecular flexibility index (Phi) is 8.38. The van der Waals surface area contributed by atoms with Gasteiger partial charge in [-0.15, -0.1) is 11.8 Å². The average molecular weight is 531 g/mol. The van der Waals surface area contributed by atoms with Crippen molar-refractivity contribution in [1.29, 1.82) is 0 Å². The Morgan fingerprint density at radius 1 is 1.00 bits per heavy atom. The van der Waals surface area contributed by atoms with Gasteiger partial charge < -0.3 is 10.1 Å². The van der Waals surface area contributed by atoms with Crippen molar-refractivity contribution in [3.05, 3.63) is 82.9 Å². The number of ether oxygens (including phenoxy) is 1. The number of sulfonamides is 1. The van der Waals surface area contributed by atoms with Crippen LogP contribution in [0.5, 0.6) is 5.75 Å². The molecule has 184 valence electrons. The third-order valence-electron chi connectivity index (χ3n) is 5.81. The number of carbonyl (C=O) groups is 1. The Morgan fingerprint density at radius 2 is 1.69 bits per heavy atom. The number of methoxy groups -OCH3 is 1. The van der Waals surface area contributed by atoms with Gasteiger partial charge in [0.25, 0.3) is 5.91 Å². The second kappa shape index (κ2) is 11.5. The summed E-state index contributed by atoms with van der Waals surface area (Å²) in [6.45, 7) is 1.03. The van der Waals surface area contributed by atoms with Crippen LogP contribution in [0.1, 0.15) is 35.2 Å². The molecule has 4 rings (SSSR count). The molecule has 3 aromatic carbocycles. The molecule has 1 N–H and O–H groups in total. The molecule has 3 aromatic rings. The van der Waals surface area contributed by atoms with Crippen molar-refractivity contribution in [2.45, 2.75) is 34.8 Å². The van der Waals surface area contributed by atoms with Crippen molar-refractivity contribution < 1.29 is 17.9 Å². The lowest BCUT2D eigenvalue weighted by Gasteiger charge is -2.26. The molecule has 0 unspecified atom stereocenters. The van der Waals surface area contributed by atoms with Crippen LogP contribution in [0.25, 0.3) is 0 Å². The minimum absolute atomic E-state index is 0.144. The van der Waals surface area contributed by atoms with Gasteiger partial charge in [-0.05, 0) is 73.0 Å². The summed E-state index contributed by atoms with van der Waals surface area (Å²) in [5.41, 5.74) is 1.86. The van der Waals surface area contributed by atoms with Crippen LogP contribution in [0.3, 0.4) is 0 Å². The fraction of sp³-hybridized carbons (Fsp3) is 0.269. The first-order valence-corrected chi connectivity index (χ1v) is 14.1. The molecule has 1 aliphatic rings. The Hall–Kier alpha value is -2.52. The fourth-order valence-electron chi connectivity index (χ4n) is 3.84. The smallest absolute Gasteiger partial charge is 0.255 e. The third-order valence-corrected chi connectivity index (χ3v) is 9.04. The monoisotopic (exact) mass is 530 g/mol. The largest absolute Gasteiger partial charge is 0.495 e. The summed E-state index contributed by atoms with van der Waals surface area (Å²) in [4.78, 5) is 14.2. The maximum Gasteiger partial charge on any atom is 0.255 e. The van der Waals surface area contributed by atoms with E-state index in [4.69, 9.17) is 16.3 Å². The number of nitrogens with one attached hydrogen (secondary N) is 1. The standard InChI is InChI=1S/C26H27ClN2O4S2/c1-33-25-14-13-23(35(31,32)29-15-3-2-4-16-29)17-24(25)28-26(30)20-7-5-19(6-8-20)18-34-22-11-9-21(27)10-12-22/h5-14,17H,2-4,15-16,18H2,1H3,(H,28,30). The second-order valence-electron chi connectivity index (χ2n) is 8.22.